The lowest BCUT2D eigenvalue weighted by atomic mass is 9.89. The fraction of sp³-hybridized carbons (Fsp3) is 0.348. The molecule has 0 fully saturated rings. The van der Waals surface area contributed by atoms with Crippen molar-refractivity contribution in [3.05, 3.63) is 70.9 Å². The van der Waals surface area contributed by atoms with E-state index in [9.17, 15) is 4.79 Å². The number of amides is 1. The summed E-state index contributed by atoms with van der Waals surface area (Å²) >= 11 is 0. The van der Waals surface area contributed by atoms with Crippen molar-refractivity contribution >= 4 is 16.8 Å². The van der Waals surface area contributed by atoms with Crippen molar-refractivity contribution in [3.63, 3.8) is 0 Å². The first-order valence-electron chi connectivity index (χ1n) is 9.51. The molecule has 1 aliphatic rings. The van der Waals surface area contributed by atoms with E-state index in [2.05, 4.69) is 54.1 Å². The van der Waals surface area contributed by atoms with Gasteiger partial charge in [-0.15, -0.1) is 0 Å². The van der Waals surface area contributed by atoms with Crippen LogP contribution in [0.2, 0.25) is 0 Å². The predicted molar refractivity (Wildman–Crippen MR) is 106 cm³/mol. The molecule has 0 bridgehead atoms. The number of H-pyrrole nitrogens is 1. The monoisotopic (exact) mass is 346 g/mol. The first kappa shape index (κ1) is 16.9. The number of nitrogens with zero attached hydrogens (tertiary/aromatic N) is 1. The van der Waals surface area contributed by atoms with Gasteiger partial charge in [0.1, 0.15) is 0 Å². The summed E-state index contributed by atoms with van der Waals surface area (Å²) in [6.07, 6.45) is 3.21. The van der Waals surface area contributed by atoms with Crippen molar-refractivity contribution in [1.29, 1.82) is 0 Å². The normalized spacial score (nSPS) is 17.7. The molecule has 26 heavy (non-hydrogen) atoms. The number of rotatable bonds is 3. The van der Waals surface area contributed by atoms with Gasteiger partial charge in [-0.05, 0) is 56.4 Å². The molecule has 1 aromatic heterocycles. The molecule has 4 rings (SSSR count). The van der Waals surface area contributed by atoms with E-state index in [1.54, 1.807) is 6.92 Å². The number of hydrogen-bond donors (Lipinski definition) is 1. The third-order valence-electron chi connectivity index (χ3n) is 5.73. The summed E-state index contributed by atoms with van der Waals surface area (Å²) in [4.78, 5) is 18.4. The Morgan fingerprint density at radius 3 is 2.69 bits per heavy atom. The van der Waals surface area contributed by atoms with Crippen LogP contribution in [0.5, 0.6) is 0 Å². The van der Waals surface area contributed by atoms with E-state index < -0.39 is 0 Å². The number of fused-ring (bicyclic) bond motifs is 3. The molecule has 1 N–H and O–H groups in total. The quantitative estimate of drug-likeness (QED) is 0.671. The molecule has 2 aromatic carbocycles. The average molecular weight is 346 g/mol. The number of carbonyl (C=O) groups excluding carboxylic acids is 1. The van der Waals surface area contributed by atoms with E-state index in [0.29, 0.717) is 0 Å². The van der Waals surface area contributed by atoms with E-state index in [1.807, 2.05) is 18.2 Å². The smallest absolute Gasteiger partial charge is 0.220 e. The number of nitrogens with one attached hydrogen (secondary N) is 1. The molecule has 0 saturated heterocycles. The maximum atomic E-state index is 12.6. The molecule has 0 aliphatic heterocycles. The lowest BCUT2D eigenvalue weighted by Crippen LogP contribution is -2.37. The van der Waals surface area contributed by atoms with Gasteiger partial charge in [0.2, 0.25) is 5.91 Å². The Morgan fingerprint density at radius 2 is 1.96 bits per heavy atom. The highest BCUT2D eigenvalue weighted by Gasteiger charge is 2.33. The topological polar surface area (TPSA) is 36.1 Å². The number of aromatic nitrogens is 1. The summed E-state index contributed by atoms with van der Waals surface area (Å²) in [5, 5.41) is 1.32. The summed E-state index contributed by atoms with van der Waals surface area (Å²) in [6.45, 7) is 5.97. The molecular formula is C23H26N2O. The summed E-state index contributed by atoms with van der Waals surface area (Å²) in [5.74, 6) is 0.133. The standard InChI is InChI=1S/C23H26N2O/c1-15-12-13-21-20(14-15)19-10-7-11-22(23(19)24-21)25(17(3)26)16(2)18-8-5-4-6-9-18/h4-6,8-9,12-14,16,22,24H,7,10-11H2,1-3H3/t16-,22-/m0/s1. The van der Waals surface area contributed by atoms with Crippen molar-refractivity contribution in [2.45, 2.75) is 52.1 Å². The van der Waals surface area contributed by atoms with Crippen LogP contribution in [-0.2, 0) is 11.2 Å². The van der Waals surface area contributed by atoms with Crippen molar-refractivity contribution in [1.82, 2.24) is 9.88 Å². The zero-order valence-electron chi connectivity index (χ0n) is 15.8. The fourth-order valence-corrected chi connectivity index (χ4v) is 4.49. The Kier molecular flexibility index (Phi) is 4.31. The average Bonchev–Trinajstić information content (AvgIpc) is 3.01. The molecule has 3 heteroatoms. The van der Waals surface area contributed by atoms with E-state index in [4.69, 9.17) is 0 Å². The molecule has 3 nitrogen and oxygen atoms in total. The maximum Gasteiger partial charge on any atom is 0.220 e. The van der Waals surface area contributed by atoms with Crippen molar-refractivity contribution in [2.75, 3.05) is 0 Å². The van der Waals surface area contributed by atoms with Crippen LogP contribution in [0.1, 0.15) is 61.2 Å². The van der Waals surface area contributed by atoms with Crippen LogP contribution in [-0.4, -0.2) is 15.8 Å². The van der Waals surface area contributed by atoms with Crippen molar-refractivity contribution < 1.29 is 4.79 Å². The Balaban J connectivity index is 1.79. The van der Waals surface area contributed by atoms with E-state index >= 15 is 0 Å². The van der Waals surface area contributed by atoms with Crippen molar-refractivity contribution in [3.8, 4) is 0 Å². The second-order valence-corrected chi connectivity index (χ2v) is 7.49. The molecule has 1 heterocycles. The van der Waals surface area contributed by atoms with Crippen molar-refractivity contribution in [2.24, 2.45) is 0 Å². The van der Waals surface area contributed by atoms with Gasteiger partial charge in [0.15, 0.2) is 0 Å². The van der Waals surface area contributed by atoms with Crippen LogP contribution in [0, 0.1) is 6.92 Å². The minimum Gasteiger partial charge on any atom is -0.356 e. The van der Waals surface area contributed by atoms with Crippen LogP contribution in [0.3, 0.4) is 0 Å². The van der Waals surface area contributed by atoms with Gasteiger partial charge in [-0.3, -0.25) is 4.79 Å². The summed E-state index contributed by atoms with van der Waals surface area (Å²) in [7, 11) is 0. The lowest BCUT2D eigenvalue weighted by molar-refractivity contribution is -0.134. The highest BCUT2D eigenvalue weighted by Crippen LogP contribution is 2.41. The first-order valence-corrected chi connectivity index (χ1v) is 9.51. The highest BCUT2D eigenvalue weighted by molar-refractivity contribution is 5.86. The van der Waals surface area contributed by atoms with Crippen LogP contribution in [0.25, 0.3) is 10.9 Å². The second-order valence-electron chi connectivity index (χ2n) is 7.49. The third kappa shape index (κ3) is 2.82. The molecule has 2 atom stereocenters. The molecule has 0 unspecified atom stereocenters. The second kappa shape index (κ2) is 6.64. The van der Waals surface area contributed by atoms with Crippen LogP contribution >= 0.6 is 0 Å². The van der Waals surface area contributed by atoms with E-state index in [0.717, 1.165) is 19.3 Å². The van der Waals surface area contributed by atoms with Crippen LogP contribution in [0.15, 0.2) is 48.5 Å². The summed E-state index contributed by atoms with van der Waals surface area (Å²) < 4.78 is 0. The van der Waals surface area contributed by atoms with E-state index in [1.165, 1.54) is 33.3 Å². The Morgan fingerprint density at radius 1 is 1.19 bits per heavy atom. The van der Waals surface area contributed by atoms with Gasteiger partial charge in [-0.25, -0.2) is 0 Å². The fourth-order valence-electron chi connectivity index (χ4n) is 4.49. The van der Waals surface area contributed by atoms with Gasteiger partial charge < -0.3 is 9.88 Å². The SMILES string of the molecule is CC(=O)N([C@@H](C)c1ccccc1)[C@H]1CCCc2c1[nH]c1ccc(C)cc21. The molecule has 3 aromatic rings. The molecule has 1 amide bonds. The molecule has 0 saturated carbocycles. The van der Waals surface area contributed by atoms with E-state index in [-0.39, 0.29) is 18.0 Å². The summed E-state index contributed by atoms with van der Waals surface area (Å²) in [5.41, 5.74) is 6.27. The minimum atomic E-state index is 0.0535. The predicted octanol–water partition coefficient (Wildman–Crippen LogP) is 5.46. The molecule has 134 valence electrons. The lowest BCUT2D eigenvalue weighted by Gasteiger charge is -2.38. The first-order chi connectivity index (χ1) is 12.6. The number of aromatic amines is 1. The van der Waals surface area contributed by atoms with Gasteiger partial charge in [0, 0.05) is 23.5 Å². The Hall–Kier alpha value is -2.55. The number of hydrogen-bond acceptors (Lipinski definition) is 1. The van der Waals surface area contributed by atoms with Gasteiger partial charge >= 0.3 is 0 Å². The Bertz CT molecular complexity index is 942. The van der Waals surface area contributed by atoms with Crippen LogP contribution < -0.4 is 0 Å². The van der Waals surface area contributed by atoms with Gasteiger partial charge in [0.05, 0.1) is 12.1 Å². The molecular weight excluding hydrogens is 320 g/mol. The number of carbonyl (C=O) groups is 1. The third-order valence-corrected chi connectivity index (χ3v) is 5.73. The largest absolute Gasteiger partial charge is 0.356 e. The molecule has 0 spiro atoms. The number of benzene rings is 2. The zero-order chi connectivity index (χ0) is 18.3. The molecule has 1 aliphatic carbocycles. The van der Waals surface area contributed by atoms with Gasteiger partial charge in [-0.2, -0.15) is 0 Å². The Labute approximate surface area is 155 Å². The highest BCUT2D eigenvalue weighted by atomic mass is 16.2. The van der Waals surface area contributed by atoms with Crippen LogP contribution in [0.4, 0.5) is 0 Å². The van der Waals surface area contributed by atoms with Gasteiger partial charge in [-0.1, -0.05) is 42.0 Å². The minimum absolute atomic E-state index is 0.0535. The zero-order valence-corrected chi connectivity index (χ0v) is 15.8. The number of aryl methyl sites for hydroxylation is 2. The van der Waals surface area contributed by atoms with Gasteiger partial charge in [0.25, 0.3) is 0 Å². The molecule has 0 radical (unpaired) electrons. The maximum absolute atomic E-state index is 12.6. The summed E-state index contributed by atoms with van der Waals surface area (Å²) in [6, 6.07) is 17.1.